The first-order chi connectivity index (χ1) is 11.0. The van der Waals surface area contributed by atoms with Gasteiger partial charge in [0.1, 0.15) is 5.75 Å². The van der Waals surface area contributed by atoms with Gasteiger partial charge in [-0.05, 0) is 60.3 Å². The SMILES string of the molecule is CCC(C)CCCc1ccc(Oc2ccccc2F)c(C)c1P. The summed E-state index contributed by atoms with van der Waals surface area (Å²) in [4.78, 5) is 0. The van der Waals surface area contributed by atoms with Gasteiger partial charge in [0.15, 0.2) is 11.6 Å². The fourth-order valence-electron chi connectivity index (χ4n) is 2.58. The van der Waals surface area contributed by atoms with E-state index in [4.69, 9.17) is 4.74 Å². The molecule has 0 saturated heterocycles. The maximum Gasteiger partial charge on any atom is 0.165 e. The molecule has 0 aromatic heterocycles. The molecule has 0 saturated carbocycles. The Balaban J connectivity index is 2.10. The van der Waals surface area contributed by atoms with Crippen molar-refractivity contribution in [2.45, 2.75) is 46.5 Å². The third kappa shape index (κ3) is 4.78. The standard InChI is InChI=1S/C20H26FOP/c1-4-14(2)8-7-9-16-12-13-18(15(3)20(16)23)22-19-11-6-5-10-17(19)21/h5-6,10-14H,4,7-9,23H2,1-3H3. The summed E-state index contributed by atoms with van der Waals surface area (Å²) in [6.45, 7) is 6.57. The molecule has 2 rings (SSSR count). The van der Waals surface area contributed by atoms with E-state index in [1.54, 1.807) is 18.2 Å². The van der Waals surface area contributed by atoms with Gasteiger partial charge in [0, 0.05) is 0 Å². The zero-order valence-electron chi connectivity index (χ0n) is 14.2. The topological polar surface area (TPSA) is 9.23 Å². The van der Waals surface area contributed by atoms with Gasteiger partial charge in [-0.3, -0.25) is 0 Å². The van der Waals surface area contributed by atoms with Crippen LogP contribution in [0.25, 0.3) is 0 Å². The summed E-state index contributed by atoms with van der Waals surface area (Å²) in [7, 11) is 2.81. The van der Waals surface area contributed by atoms with Crippen LogP contribution in [0, 0.1) is 18.7 Å². The van der Waals surface area contributed by atoms with Crippen molar-refractivity contribution < 1.29 is 9.13 Å². The molecule has 2 aromatic carbocycles. The van der Waals surface area contributed by atoms with E-state index in [0.29, 0.717) is 5.75 Å². The summed E-state index contributed by atoms with van der Waals surface area (Å²) in [5.41, 5.74) is 2.39. The minimum absolute atomic E-state index is 0.268. The molecule has 0 aliphatic rings. The highest BCUT2D eigenvalue weighted by molar-refractivity contribution is 7.27. The van der Waals surface area contributed by atoms with Crippen LogP contribution >= 0.6 is 9.24 Å². The summed E-state index contributed by atoms with van der Waals surface area (Å²) in [5.74, 6) is 1.43. The summed E-state index contributed by atoms with van der Waals surface area (Å²) in [6.07, 6.45) is 4.77. The summed E-state index contributed by atoms with van der Waals surface area (Å²) in [5, 5.41) is 1.17. The van der Waals surface area contributed by atoms with Gasteiger partial charge in [0.25, 0.3) is 0 Å². The minimum atomic E-state index is -0.338. The predicted octanol–water partition coefficient (Wildman–Crippen LogP) is 5.80. The molecule has 3 heteroatoms. The molecule has 0 aliphatic heterocycles. The van der Waals surface area contributed by atoms with Crippen LogP contribution in [-0.4, -0.2) is 0 Å². The van der Waals surface area contributed by atoms with Crippen LogP contribution in [0.1, 0.15) is 44.2 Å². The molecule has 2 atom stereocenters. The van der Waals surface area contributed by atoms with Crippen molar-refractivity contribution in [2.75, 3.05) is 0 Å². The molecular formula is C20H26FOP. The van der Waals surface area contributed by atoms with Crippen LogP contribution in [0.4, 0.5) is 4.39 Å². The van der Waals surface area contributed by atoms with Gasteiger partial charge in [-0.15, -0.1) is 9.24 Å². The number of benzene rings is 2. The molecule has 23 heavy (non-hydrogen) atoms. The molecule has 124 valence electrons. The Morgan fingerprint density at radius 2 is 1.87 bits per heavy atom. The van der Waals surface area contributed by atoms with Crippen molar-refractivity contribution in [1.29, 1.82) is 0 Å². The molecule has 0 bridgehead atoms. The third-order valence-corrected chi connectivity index (χ3v) is 5.26. The highest BCUT2D eigenvalue weighted by Gasteiger charge is 2.11. The third-order valence-electron chi connectivity index (χ3n) is 4.45. The highest BCUT2D eigenvalue weighted by Crippen LogP contribution is 2.28. The minimum Gasteiger partial charge on any atom is -0.454 e. The maximum absolute atomic E-state index is 13.7. The van der Waals surface area contributed by atoms with Gasteiger partial charge in [-0.25, -0.2) is 4.39 Å². The first kappa shape index (κ1) is 17.9. The Kier molecular flexibility index (Phi) is 6.59. The van der Waals surface area contributed by atoms with E-state index >= 15 is 0 Å². The monoisotopic (exact) mass is 332 g/mol. The Hall–Kier alpha value is -1.40. The molecule has 2 aromatic rings. The first-order valence-corrected chi connectivity index (χ1v) is 8.91. The molecule has 0 aliphatic carbocycles. The Morgan fingerprint density at radius 3 is 2.57 bits per heavy atom. The van der Waals surface area contributed by atoms with Crippen molar-refractivity contribution in [1.82, 2.24) is 0 Å². The van der Waals surface area contributed by atoms with E-state index in [1.807, 2.05) is 13.0 Å². The van der Waals surface area contributed by atoms with Crippen LogP contribution in [-0.2, 0) is 6.42 Å². The predicted molar refractivity (Wildman–Crippen MR) is 99.4 cm³/mol. The van der Waals surface area contributed by atoms with E-state index < -0.39 is 0 Å². The number of halogens is 1. The normalized spacial score (nSPS) is 12.2. The first-order valence-electron chi connectivity index (χ1n) is 8.33. The molecular weight excluding hydrogens is 306 g/mol. The van der Waals surface area contributed by atoms with Crippen LogP contribution in [0.2, 0.25) is 0 Å². The Morgan fingerprint density at radius 1 is 1.13 bits per heavy atom. The zero-order chi connectivity index (χ0) is 16.8. The number of rotatable bonds is 7. The lowest BCUT2D eigenvalue weighted by Crippen LogP contribution is -2.08. The highest BCUT2D eigenvalue weighted by atomic mass is 31.0. The van der Waals surface area contributed by atoms with E-state index in [2.05, 4.69) is 29.2 Å². The average molecular weight is 332 g/mol. The molecule has 0 N–H and O–H groups in total. The Bertz CT molecular complexity index is 654. The van der Waals surface area contributed by atoms with E-state index in [-0.39, 0.29) is 11.6 Å². The smallest absolute Gasteiger partial charge is 0.165 e. The average Bonchev–Trinajstić information content (AvgIpc) is 2.55. The number of hydrogen-bond acceptors (Lipinski definition) is 1. The second kappa shape index (κ2) is 8.45. The van der Waals surface area contributed by atoms with Gasteiger partial charge in [-0.1, -0.05) is 44.9 Å². The van der Waals surface area contributed by atoms with Gasteiger partial charge >= 0.3 is 0 Å². The fraction of sp³-hybridized carbons (Fsp3) is 0.400. The summed E-state index contributed by atoms with van der Waals surface area (Å²) < 4.78 is 19.5. The number of para-hydroxylation sites is 1. The molecule has 2 unspecified atom stereocenters. The summed E-state index contributed by atoms with van der Waals surface area (Å²) in [6, 6.07) is 10.6. The zero-order valence-corrected chi connectivity index (χ0v) is 15.4. The maximum atomic E-state index is 13.7. The molecule has 1 nitrogen and oxygen atoms in total. The van der Waals surface area contributed by atoms with Crippen molar-refractivity contribution in [3.63, 3.8) is 0 Å². The molecule has 0 heterocycles. The van der Waals surface area contributed by atoms with E-state index in [1.165, 1.54) is 36.2 Å². The molecule has 0 spiro atoms. The number of hydrogen-bond donors (Lipinski definition) is 0. The summed E-state index contributed by atoms with van der Waals surface area (Å²) >= 11 is 0. The molecule has 0 amide bonds. The van der Waals surface area contributed by atoms with E-state index in [0.717, 1.165) is 17.9 Å². The van der Waals surface area contributed by atoms with Crippen molar-refractivity contribution >= 4 is 14.5 Å². The van der Waals surface area contributed by atoms with Gasteiger partial charge in [0.2, 0.25) is 0 Å². The van der Waals surface area contributed by atoms with Crippen molar-refractivity contribution in [2.24, 2.45) is 5.92 Å². The lowest BCUT2D eigenvalue weighted by molar-refractivity contribution is 0.440. The van der Waals surface area contributed by atoms with Crippen molar-refractivity contribution in [3.8, 4) is 11.5 Å². The van der Waals surface area contributed by atoms with Gasteiger partial charge in [-0.2, -0.15) is 0 Å². The lowest BCUT2D eigenvalue weighted by atomic mass is 9.98. The van der Waals surface area contributed by atoms with Crippen LogP contribution in [0.3, 0.4) is 0 Å². The van der Waals surface area contributed by atoms with Gasteiger partial charge < -0.3 is 4.74 Å². The molecule has 0 radical (unpaired) electrons. The van der Waals surface area contributed by atoms with Crippen molar-refractivity contribution in [3.05, 3.63) is 53.3 Å². The molecule has 0 fully saturated rings. The number of ether oxygens (including phenoxy) is 1. The second-order valence-electron chi connectivity index (χ2n) is 6.20. The van der Waals surface area contributed by atoms with Crippen LogP contribution < -0.4 is 10.0 Å². The number of aryl methyl sites for hydroxylation is 1. The van der Waals surface area contributed by atoms with Crippen LogP contribution in [0.15, 0.2) is 36.4 Å². The lowest BCUT2D eigenvalue weighted by Gasteiger charge is -2.15. The Labute approximate surface area is 141 Å². The quantitative estimate of drug-likeness (QED) is 0.583. The van der Waals surface area contributed by atoms with Gasteiger partial charge in [0.05, 0.1) is 0 Å². The largest absolute Gasteiger partial charge is 0.454 e. The van der Waals surface area contributed by atoms with Crippen LogP contribution in [0.5, 0.6) is 11.5 Å². The van der Waals surface area contributed by atoms with E-state index in [9.17, 15) is 4.39 Å². The second-order valence-corrected chi connectivity index (χ2v) is 6.78. The fourth-order valence-corrected chi connectivity index (χ4v) is 2.97.